The molecule has 14 heavy (non-hydrogen) atoms. The molecule has 0 atom stereocenters. The third-order valence-corrected chi connectivity index (χ3v) is 4.20. The van der Waals surface area contributed by atoms with Gasteiger partial charge in [-0.05, 0) is 22.9 Å². The summed E-state index contributed by atoms with van der Waals surface area (Å²) in [5.74, 6) is -0.101. The molecule has 2 aromatic heterocycles. The molecule has 0 N–H and O–H groups in total. The standard InChI is InChI=1S/C9H4Cl2OS2/c10-6-2-4-13-8(6)7(12)5-1-3-14-9(5)11/h1-4H. The van der Waals surface area contributed by atoms with Crippen LogP contribution in [0.4, 0.5) is 0 Å². The summed E-state index contributed by atoms with van der Waals surface area (Å²) < 4.78 is 0.513. The SMILES string of the molecule is O=C(c1ccsc1Cl)c1sccc1Cl. The van der Waals surface area contributed by atoms with Crippen molar-refractivity contribution in [2.45, 2.75) is 0 Å². The normalized spacial score (nSPS) is 10.4. The van der Waals surface area contributed by atoms with E-state index in [1.165, 1.54) is 22.7 Å². The smallest absolute Gasteiger partial charge is 0.206 e. The molecule has 1 nitrogen and oxygen atoms in total. The van der Waals surface area contributed by atoms with Crippen LogP contribution in [-0.2, 0) is 0 Å². The van der Waals surface area contributed by atoms with E-state index in [4.69, 9.17) is 23.2 Å². The number of ketones is 1. The van der Waals surface area contributed by atoms with Crippen LogP contribution in [0.2, 0.25) is 9.36 Å². The summed E-state index contributed by atoms with van der Waals surface area (Å²) in [4.78, 5) is 12.4. The zero-order valence-electron chi connectivity index (χ0n) is 6.79. The second-order valence-electron chi connectivity index (χ2n) is 2.53. The predicted molar refractivity (Wildman–Crippen MR) is 62.1 cm³/mol. The Labute approximate surface area is 98.9 Å². The van der Waals surface area contributed by atoms with Crippen LogP contribution >= 0.6 is 45.9 Å². The minimum atomic E-state index is -0.101. The summed E-state index contributed by atoms with van der Waals surface area (Å²) >= 11 is 14.4. The zero-order chi connectivity index (χ0) is 10.1. The quantitative estimate of drug-likeness (QED) is 0.736. The van der Waals surface area contributed by atoms with Crippen molar-refractivity contribution in [2.75, 3.05) is 0 Å². The first-order valence-corrected chi connectivity index (χ1v) is 6.22. The fourth-order valence-corrected chi connectivity index (χ4v) is 3.04. The molecule has 0 aliphatic rings. The van der Waals surface area contributed by atoms with Gasteiger partial charge in [-0.2, -0.15) is 0 Å². The van der Waals surface area contributed by atoms with E-state index >= 15 is 0 Å². The van der Waals surface area contributed by atoms with Crippen LogP contribution in [0.5, 0.6) is 0 Å². The fraction of sp³-hybridized carbons (Fsp3) is 0. The van der Waals surface area contributed by atoms with Gasteiger partial charge in [0.15, 0.2) is 0 Å². The largest absolute Gasteiger partial charge is 0.288 e. The van der Waals surface area contributed by atoms with Crippen molar-refractivity contribution < 1.29 is 4.79 Å². The maximum absolute atomic E-state index is 11.9. The fourth-order valence-electron chi connectivity index (χ4n) is 1.03. The molecule has 5 heteroatoms. The van der Waals surface area contributed by atoms with Crippen LogP contribution in [0.3, 0.4) is 0 Å². The van der Waals surface area contributed by atoms with Gasteiger partial charge in [-0.3, -0.25) is 4.79 Å². The lowest BCUT2D eigenvalue weighted by molar-refractivity contribution is 0.104. The molecular weight excluding hydrogens is 259 g/mol. The maximum Gasteiger partial charge on any atom is 0.206 e. The van der Waals surface area contributed by atoms with E-state index in [0.29, 0.717) is 19.8 Å². The summed E-state index contributed by atoms with van der Waals surface area (Å²) in [7, 11) is 0. The molecule has 0 fully saturated rings. The Morgan fingerprint density at radius 1 is 1.14 bits per heavy atom. The van der Waals surface area contributed by atoms with Crippen LogP contribution in [0.1, 0.15) is 15.2 Å². The number of thiophene rings is 2. The van der Waals surface area contributed by atoms with Gasteiger partial charge in [0, 0.05) is 0 Å². The average molecular weight is 263 g/mol. The third-order valence-electron chi connectivity index (χ3n) is 1.69. The van der Waals surface area contributed by atoms with Crippen LogP contribution in [0.25, 0.3) is 0 Å². The second-order valence-corrected chi connectivity index (χ2v) is 5.38. The highest BCUT2D eigenvalue weighted by atomic mass is 35.5. The molecule has 0 saturated heterocycles. The Hall–Kier alpha value is -0.350. The lowest BCUT2D eigenvalue weighted by Crippen LogP contribution is -1.97. The van der Waals surface area contributed by atoms with Crippen molar-refractivity contribution in [1.29, 1.82) is 0 Å². The Kier molecular flexibility index (Phi) is 2.93. The van der Waals surface area contributed by atoms with Crippen LogP contribution in [0, 0.1) is 0 Å². The molecule has 72 valence electrons. The summed E-state index contributed by atoms with van der Waals surface area (Å²) in [5.41, 5.74) is 0.529. The number of hydrogen-bond donors (Lipinski definition) is 0. The molecular formula is C9H4Cl2OS2. The van der Waals surface area contributed by atoms with Crippen molar-refractivity contribution in [3.8, 4) is 0 Å². The lowest BCUT2D eigenvalue weighted by atomic mass is 10.2. The number of rotatable bonds is 2. The van der Waals surface area contributed by atoms with Crippen molar-refractivity contribution in [3.05, 3.63) is 42.7 Å². The van der Waals surface area contributed by atoms with E-state index in [-0.39, 0.29) is 5.78 Å². The lowest BCUT2D eigenvalue weighted by Gasteiger charge is -1.95. The van der Waals surface area contributed by atoms with E-state index in [2.05, 4.69) is 0 Å². The van der Waals surface area contributed by atoms with Crippen LogP contribution in [0.15, 0.2) is 22.9 Å². The highest BCUT2D eigenvalue weighted by molar-refractivity contribution is 7.15. The van der Waals surface area contributed by atoms with Crippen LogP contribution < -0.4 is 0 Å². The Morgan fingerprint density at radius 3 is 2.36 bits per heavy atom. The molecule has 0 aliphatic heterocycles. The maximum atomic E-state index is 11.9. The van der Waals surface area contributed by atoms with Gasteiger partial charge in [0.1, 0.15) is 4.34 Å². The molecule has 2 aromatic rings. The predicted octanol–water partition coefficient (Wildman–Crippen LogP) is 4.35. The second kappa shape index (κ2) is 4.03. The molecule has 0 unspecified atom stereocenters. The van der Waals surface area contributed by atoms with Crippen molar-refractivity contribution >= 4 is 51.7 Å². The number of carbonyl (C=O) groups is 1. The van der Waals surface area contributed by atoms with E-state index in [1.54, 1.807) is 22.9 Å². The highest BCUT2D eigenvalue weighted by Gasteiger charge is 2.17. The zero-order valence-corrected chi connectivity index (χ0v) is 9.93. The van der Waals surface area contributed by atoms with Gasteiger partial charge < -0.3 is 0 Å². The first kappa shape index (κ1) is 10.2. The topological polar surface area (TPSA) is 17.1 Å². The monoisotopic (exact) mass is 262 g/mol. The van der Waals surface area contributed by atoms with Crippen molar-refractivity contribution in [1.82, 2.24) is 0 Å². The van der Waals surface area contributed by atoms with Crippen LogP contribution in [-0.4, -0.2) is 5.78 Å². The summed E-state index contributed by atoms with van der Waals surface area (Å²) in [6.45, 7) is 0. The molecule has 0 bridgehead atoms. The number of carbonyl (C=O) groups excluding carboxylic acids is 1. The van der Waals surface area contributed by atoms with E-state index in [1.807, 2.05) is 0 Å². The Bertz CT molecular complexity index is 430. The average Bonchev–Trinajstić information content (AvgIpc) is 2.73. The molecule has 0 saturated carbocycles. The number of hydrogen-bond acceptors (Lipinski definition) is 3. The van der Waals surface area contributed by atoms with Gasteiger partial charge in [0.05, 0.1) is 15.5 Å². The van der Waals surface area contributed by atoms with Crippen molar-refractivity contribution in [3.63, 3.8) is 0 Å². The van der Waals surface area contributed by atoms with Gasteiger partial charge in [-0.25, -0.2) is 0 Å². The van der Waals surface area contributed by atoms with E-state index < -0.39 is 0 Å². The first-order valence-electron chi connectivity index (χ1n) is 3.71. The van der Waals surface area contributed by atoms with Gasteiger partial charge in [-0.15, -0.1) is 22.7 Å². The molecule has 0 spiro atoms. The minimum absolute atomic E-state index is 0.101. The molecule has 2 rings (SSSR count). The molecule has 0 aliphatic carbocycles. The number of halogens is 2. The highest BCUT2D eigenvalue weighted by Crippen LogP contribution is 2.30. The molecule has 0 aromatic carbocycles. The van der Waals surface area contributed by atoms with Gasteiger partial charge >= 0.3 is 0 Å². The molecule has 0 radical (unpaired) electrons. The molecule has 0 amide bonds. The first-order chi connectivity index (χ1) is 6.70. The Morgan fingerprint density at radius 2 is 1.86 bits per heavy atom. The summed E-state index contributed by atoms with van der Waals surface area (Å²) in [6.07, 6.45) is 0. The summed E-state index contributed by atoms with van der Waals surface area (Å²) in [6, 6.07) is 3.42. The summed E-state index contributed by atoms with van der Waals surface area (Å²) in [5, 5.41) is 4.06. The van der Waals surface area contributed by atoms with Gasteiger partial charge in [-0.1, -0.05) is 23.2 Å². The van der Waals surface area contributed by atoms with Crippen molar-refractivity contribution in [2.24, 2.45) is 0 Å². The van der Waals surface area contributed by atoms with E-state index in [9.17, 15) is 4.79 Å². The molecule has 2 heterocycles. The van der Waals surface area contributed by atoms with Gasteiger partial charge in [0.2, 0.25) is 5.78 Å². The van der Waals surface area contributed by atoms with Gasteiger partial charge in [0.25, 0.3) is 0 Å². The Balaban J connectivity index is 2.44. The minimum Gasteiger partial charge on any atom is -0.288 e. The van der Waals surface area contributed by atoms with E-state index in [0.717, 1.165) is 0 Å². The third kappa shape index (κ3) is 1.73.